The number of nitrogens with zero attached hydrogens (tertiary/aromatic N) is 1. The smallest absolute Gasteiger partial charge is 0.168 e. The average Bonchev–Trinajstić information content (AvgIpc) is 2.66. The average molecular weight is 465 g/mol. The molecule has 0 N–H and O–H groups in total. The highest BCUT2D eigenvalue weighted by Gasteiger charge is 2.25. The van der Waals surface area contributed by atoms with Crippen LogP contribution in [0.25, 0.3) is 0 Å². The molecule has 1 heterocycles. The molecule has 0 aromatic heterocycles. The minimum Gasteiger partial charge on any atom is -1.00 e. The molecular weight excluding hydrogens is 437 g/mol. The summed E-state index contributed by atoms with van der Waals surface area (Å²) < 4.78 is 6.83. The van der Waals surface area contributed by atoms with Crippen molar-refractivity contribution in [2.75, 3.05) is 26.7 Å². The molecule has 2 aromatic carbocycles. The van der Waals surface area contributed by atoms with Crippen molar-refractivity contribution in [3.05, 3.63) is 65.7 Å². The lowest BCUT2D eigenvalue weighted by Gasteiger charge is -2.37. The van der Waals surface area contributed by atoms with Crippen LogP contribution in [-0.2, 0) is 6.61 Å². The van der Waals surface area contributed by atoms with Crippen LogP contribution in [0.2, 0.25) is 0 Å². The van der Waals surface area contributed by atoms with Crippen LogP contribution in [0.1, 0.15) is 41.6 Å². The Bertz CT molecular complexity index is 679. The second-order valence-electron chi connectivity index (χ2n) is 7.32. The molecule has 1 saturated heterocycles. The maximum absolute atomic E-state index is 12.5. The number of benzene rings is 2. The van der Waals surface area contributed by atoms with Gasteiger partial charge in [-0.3, -0.25) is 4.79 Å². The molecule has 0 atom stereocenters. The highest BCUT2D eigenvalue weighted by molar-refractivity contribution is 5.96. The predicted molar refractivity (Wildman–Crippen MR) is 101 cm³/mol. The summed E-state index contributed by atoms with van der Waals surface area (Å²) in [6.07, 6.45) is 4.54. The van der Waals surface area contributed by atoms with E-state index in [1.807, 2.05) is 54.6 Å². The van der Waals surface area contributed by atoms with Gasteiger partial charge in [-0.05, 0) is 49.1 Å². The zero-order chi connectivity index (χ0) is 17.5. The minimum atomic E-state index is 0. The third-order valence-corrected chi connectivity index (χ3v) is 5.20. The third-order valence-electron chi connectivity index (χ3n) is 5.20. The molecule has 0 spiro atoms. The van der Waals surface area contributed by atoms with Gasteiger partial charge in [0, 0.05) is 5.56 Å². The van der Waals surface area contributed by atoms with Gasteiger partial charge in [-0.15, -0.1) is 0 Å². The summed E-state index contributed by atoms with van der Waals surface area (Å²) in [4.78, 5) is 12.5. The molecule has 140 valence electrons. The van der Waals surface area contributed by atoms with Crippen LogP contribution in [0.15, 0.2) is 54.6 Å². The lowest BCUT2D eigenvalue weighted by molar-refractivity contribution is -0.913. The molecule has 0 bridgehead atoms. The van der Waals surface area contributed by atoms with Crippen LogP contribution in [-0.4, -0.2) is 36.9 Å². The van der Waals surface area contributed by atoms with Crippen molar-refractivity contribution >= 4 is 5.78 Å². The summed E-state index contributed by atoms with van der Waals surface area (Å²) in [5.74, 6) is 1.04. The molecule has 0 saturated carbocycles. The van der Waals surface area contributed by atoms with E-state index in [1.54, 1.807) is 0 Å². The largest absolute Gasteiger partial charge is 1.00 e. The van der Waals surface area contributed by atoms with Crippen LogP contribution in [0.5, 0.6) is 5.75 Å². The maximum atomic E-state index is 12.5. The Hall–Kier alpha value is -1.40. The number of rotatable bonds is 7. The van der Waals surface area contributed by atoms with Gasteiger partial charge in [-0.2, -0.15) is 0 Å². The number of carbonyl (C=O) groups is 1. The zero-order valence-corrected chi connectivity index (χ0v) is 17.7. The van der Waals surface area contributed by atoms with Gasteiger partial charge in [-0.25, -0.2) is 0 Å². The molecule has 2 aromatic rings. The van der Waals surface area contributed by atoms with E-state index in [0.717, 1.165) is 27.9 Å². The number of ketones is 1. The van der Waals surface area contributed by atoms with Gasteiger partial charge in [0.2, 0.25) is 0 Å². The number of halogens is 1. The Morgan fingerprint density at radius 3 is 2.27 bits per heavy atom. The molecule has 0 radical (unpaired) electrons. The van der Waals surface area contributed by atoms with Crippen molar-refractivity contribution in [3.8, 4) is 5.75 Å². The number of ether oxygens (including phenoxy) is 1. The highest BCUT2D eigenvalue weighted by Crippen LogP contribution is 2.19. The van der Waals surface area contributed by atoms with E-state index in [2.05, 4.69) is 7.05 Å². The molecule has 1 fully saturated rings. The van der Waals surface area contributed by atoms with Crippen LogP contribution in [0.3, 0.4) is 0 Å². The third kappa shape index (κ3) is 6.09. The molecule has 4 heteroatoms. The number of Topliss-reactive ketones (excluding diaryl/α,β-unsaturated/α-hetero) is 1. The van der Waals surface area contributed by atoms with Gasteiger partial charge in [0.05, 0.1) is 33.1 Å². The van der Waals surface area contributed by atoms with Crippen molar-refractivity contribution in [3.63, 3.8) is 0 Å². The number of likely N-dealkylation sites (tertiary alicyclic amines) is 1. The summed E-state index contributed by atoms with van der Waals surface area (Å²) in [6.45, 7) is 3.91. The molecular formula is C22H28INO2. The van der Waals surface area contributed by atoms with Crippen molar-refractivity contribution in [1.82, 2.24) is 0 Å². The first-order chi connectivity index (χ1) is 12.1. The SMILES string of the molecule is C[N+]1(CCC(=O)c2ccc(OCc3ccccc3)cc2)CCCCC1.[I-]. The van der Waals surface area contributed by atoms with Crippen LogP contribution < -0.4 is 28.7 Å². The summed E-state index contributed by atoms with van der Waals surface area (Å²) in [5.41, 5.74) is 1.93. The summed E-state index contributed by atoms with van der Waals surface area (Å²) >= 11 is 0. The number of quaternary nitrogens is 1. The van der Waals surface area contributed by atoms with E-state index in [1.165, 1.54) is 32.4 Å². The first-order valence-electron chi connectivity index (χ1n) is 9.28. The molecule has 1 aliphatic heterocycles. The van der Waals surface area contributed by atoms with Crippen molar-refractivity contribution < 1.29 is 38.0 Å². The van der Waals surface area contributed by atoms with Gasteiger partial charge >= 0.3 is 0 Å². The fraction of sp³-hybridized carbons (Fsp3) is 0.409. The molecule has 3 rings (SSSR count). The Labute approximate surface area is 174 Å². The monoisotopic (exact) mass is 465 g/mol. The number of carbonyl (C=O) groups excluding carboxylic acids is 1. The van der Waals surface area contributed by atoms with Crippen LogP contribution in [0.4, 0.5) is 0 Å². The topological polar surface area (TPSA) is 26.3 Å². The van der Waals surface area contributed by atoms with E-state index in [4.69, 9.17) is 4.74 Å². The predicted octanol–water partition coefficient (Wildman–Crippen LogP) is 1.47. The van der Waals surface area contributed by atoms with Gasteiger partial charge < -0.3 is 33.2 Å². The molecule has 3 nitrogen and oxygen atoms in total. The molecule has 0 amide bonds. The standard InChI is InChI=1S/C22H28NO2.HI/c1-23(15-6-3-7-16-23)17-14-22(24)20-10-12-21(13-11-20)25-18-19-8-4-2-5-9-19;/h2,4-5,8-13H,3,6-7,14-18H2,1H3;1H/q+1;/p-1. The van der Waals surface area contributed by atoms with Gasteiger partial charge in [0.1, 0.15) is 12.4 Å². The Balaban J connectivity index is 0.00000243. The number of hydrogen-bond donors (Lipinski definition) is 0. The Kier molecular flexibility index (Phi) is 8.10. The zero-order valence-electron chi connectivity index (χ0n) is 15.5. The lowest BCUT2D eigenvalue weighted by Crippen LogP contribution is -3.00. The Morgan fingerprint density at radius 1 is 0.962 bits per heavy atom. The second kappa shape index (κ2) is 10.1. The number of hydrogen-bond acceptors (Lipinski definition) is 2. The second-order valence-corrected chi connectivity index (χ2v) is 7.32. The first kappa shape index (κ1) is 20.9. The normalized spacial score (nSPS) is 15.7. The van der Waals surface area contributed by atoms with E-state index < -0.39 is 0 Å². The van der Waals surface area contributed by atoms with Crippen LogP contribution >= 0.6 is 0 Å². The van der Waals surface area contributed by atoms with Gasteiger partial charge in [0.15, 0.2) is 5.78 Å². The first-order valence-corrected chi connectivity index (χ1v) is 9.28. The van der Waals surface area contributed by atoms with Gasteiger partial charge in [-0.1, -0.05) is 30.3 Å². The molecule has 0 unspecified atom stereocenters. The van der Waals surface area contributed by atoms with Crippen molar-refractivity contribution in [2.24, 2.45) is 0 Å². The van der Waals surface area contributed by atoms with E-state index >= 15 is 0 Å². The molecule has 1 aliphatic rings. The van der Waals surface area contributed by atoms with Gasteiger partial charge in [0.25, 0.3) is 0 Å². The van der Waals surface area contributed by atoms with E-state index in [0.29, 0.717) is 13.0 Å². The fourth-order valence-electron chi connectivity index (χ4n) is 3.49. The highest BCUT2D eigenvalue weighted by atomic mass is 127. The quantitative estimate of drug-likeness (QED) is 0.352. The van der Waals surface area contributed by atoms with Crippen LogP contribution in [0, 0.1) is 0 Å². The van der Waals surface area contributed by atoms with E-state index in [9.17, 15) is 4.79 Å². The van der Waals surface area contributed by atoms with Crippen molar-refractivity contribution in [2.45, 2.75) is 32.3 Å². The summed E-state index contributed by atoms with van der Waals surface area (Å²) in [5, 5.41) is 0. The molecule has 0 aliphatic carbocycles. The number of piperidine rings is 1. The fourth-order valence-corrected chi connectivity index (χ4v) is 3.49. The lowest BCUT2D eigenvalue weighted by atomic mass is 10.0. The van der Waals surface area contributed by atoms with E-state index in [-0.39, 0.29) is 29.8 Å². The maximum Gasteiger partial charge on any atom is 0.168 e. The Morgan fingerprint density at radius 2 is 1.62 bits per heavy atom. The molecule has 26 heavy (non-hydrogen) atoms. The minimum absolute atomic E-state index is 0. The summed E-state index contributed by atoms with van der Waals surface area (Å²) in [7, 11) is 2.28. The summed E-state index contributed by atoms with van der Waals surface area (Å²) in [6, 6.07) is 17.7. The van der Waals surface area contributed by atoms with Crippen molar-refractivity contribution in [1.29, 1.82) is 0 Å².